The summed E-state index contributed by atoms with van der Waals surface area (Å²) < 4.78 is 16.7. The molecule has 4 rings (SSSR count). The van der Waals surface area contributed by atoms with Gasteiger partial charge in [0.15, 0.2) is 0 Å². The number of benzene rings is 2. The number of pyridine rings is 1. The van der Waals surface area contributed by atoms with Crippen LogP contribution in [-0.2, 0) is 6.54 Å². The minimum Gasteiger partial charge on any atom is -0.380 e. The molecule has 0 atom stereocenters. The summed E-state index contributed by atoms with van der Waals surface area (Å²) in [7, 11) is 0. The fourth-order valence-corrected chi connectivity index (χ4v) is 4.13. The van der Waals surface area contributed by atoms with Gasteiger partial charge in [-0.2, -0.15) is 0 Å². The first-order valence-corrected chi connectivity index (χ1v) is 10.6. The van der Waals surface area contributed by atoms with Gasteiger partial charge in [0.2, 0.25) is 5.43 Å². The zero-order valence-electron chi connectivity index (χ0n) is 17.1. The third kappa shape index (κ3) is 4.08. The van der Waals surface area contributed by atoms with Gasteiger partial charge < -0.3 is 15.2 Å². The van der Waals surface area contributed by atoms with E-state index < -0.39 is 17.2 Å². The van der Waals surface area contributed by atoms with Crippen molar-refractivity contribution in [3.63, 3.8) is 0 Å². The van der Waals surface area contributed by atoms with Crippen LogP contribution in [0.4, 0.5) is 15.8 Å². The van der Waals surface area contributed by atoms with Gasteiger partial charge in [0, 0.05) is 29.9 Å². The molecule has 0 aliphatic heterocycles. The van der Waals surface area contributed by atoms with Gasteiger partial charge in [0.25, 0.3) is 5.91 Å². The average molecular weight is 407 g/mol. The van der Waals surface area contributed by atoms with E-state index in [0.29, 0.717) is 23.4 Å². The lowest BCUT2D eigenvalue weighted by Crippen LogP contribution is -2.25. The summed E-state index contributed by atoms with van der Waals surface area (Å²) in [5.41, 5.74) is 1.17. The summed E-state index contributed by atoms with van der Waals surface area (Å²) in [6.45, 7) is 2.48. The van der Waals surface area contributed by atoms with Crippen LogP contribution in [0.5, 0.6) is 0 Å². The lowest BCUT2D eigenvalue weighted by molar-refractivity contribution is 0.102. The number of carbonyl (C=O) groups is 1. The highest BCUT2D eigenvalue weighted by atomic mass is 19.1. The summed E-state index contributed by atoms with van der Waals surface area (Å²) in [5.74, 6) is -0.964. The van der Waals surface area contributed by atoms with E-state index in [4.69, 9.17) is 0 Å². The van der Waals surface area contributed by atoms with E-state index in [1.165, 1.54) is 12.5 Å². The van der Waals surface area contributed by atoms with Crippen LogP contribution < -0.4 is 16.1 Å². The summed E-state index contributed by atoms with van der Waals surface area (Å²) in [6.07, 6.45) is 7.12. The number of nitrogens with one attached hydrogen (secondary N) is 2. The first-order chi connectivity index (χ1) is 14.6. The summed E-state index contributed by atoms with van der Waals surface area (Å²) in [6, 6.07) is 12.2. The quantitative estimate of drug-likeness (QED) is 0.614. The monoisotopic (exact) mass is 407 g/mol. The zero-order valence-corrected chi connectivity index (χ0v) is 17.1. The van der Waals surface area contributed by atoms with Crippen molar-refractivity contribution in [2.75, 3.05) is 10.6 Å². The fourth-order valence-electron chi connectivity index (χ4n) is 4.13. The number of amides is 1. The van der Waals surface area contributed by atoms with E-state index in [-0.39, 0.29) is 17.0 Å². The first-order valence-electron chi connectivity index (χ1n) is 10.6. The van der Waals surface area contributed by atoms with Crippen molar-refractivity contribution >= 4 is 28.2 Å². The van der Waals surface area contributed by atoms with E-state index in [1.807, 2.05) is 17.6 Å². The molecule has 0 bridgehead atoms. The maximum atomic E-state index is 14.9. The topological polar surface area (TPSA) is 63.1 Å². The highest BCUT2D eigenvalue weighted by Gasteiger charge is 2.19. The Balaban J connectivity index is 1.72. The first kappa shape index (κ1) is 20.1. The second-order valence-electron chi connectivity index (χ2n) is 7.81. The maximum absolute atomic E-state index is 14.9. The van der Waals surface area contributed by atoms with Crippen LogP contribution in [-0.4, -0.2) is 16.5 Å². The Labute approximate surface area is 174 Å². The van der Waals surface area contributed by atoms with Gasteiger partial charge in [0.1, 0.15) is 11.4 Å². The number of carbonyl (C=O) groups excluding carboxylic acids is 1. The van der Waals surface area contributed by atoms with E-state index in [2.05, 4.69) is 10.6 Å². The highest BCUT2D eigenvalue weighted by Crippen LogP contribution is 2.26. The van der Waals surface area contributed by atoms with Crippen molar-refractivity contribution < 1.29 is 9.18 Å². The molecule has 2 aromatic carbocycles. The Morgan fingerprint density at radius 3 is 2.57 bits per heavy atom. The molecule has 1 saturated carbocycles. The number of fused-ring (bicyclic) bond motifs is 1. The predicted octanol–water partition coefficient (Wildman–Crippen LogP) is 5.16. The molecule has 2 N–H and O–H groups in total. The van der Waals surface area contributed by atoms with Crippen LogP contribution in [0.15, 0.2) is 53.5 Å². The van der Waals surface area contributed by atoms with Gasteiger partial charge in [-0.05, 0) is 44.0 Å². The van der Waals surface area contributed by atoms with Crippen LogP contribution in [0, 0.1) is 5.82 Å². The average Bonchev–Trinajstić information content (AvgIpc) is 2.76. The van der Waals surface area contributed by atoms with E-state index >= 15 is 0 Å². The van der Waals surface area contributed by atoms with Gasteiger partial charge in [-0.1, -0.05) is 37.5 Å². The Hall–Kier alpha value is -3.15. The maximum Gasteiger partial charge on any atom is 0.261 e. The molecule has 1 heterocycles. The van der Waals surface area contributed by atoms with Gasteiger partial charge in [-0.25, -0.2) is 4.39 Å². The van der Waals surface area contributed by atoms with E-state index in [9.17, 15) is 14.0 Å². The second kappa shape index (κ2) is 8.69. The van der Waals surface area contributed by atoms with Gasteiger partial charge in [-0.3, -0.25) is 9.59 Å². The largest absolute Gasteiger partial charge is 0.380 e. The summed E-state index contributed by atoms with van der Waals surface area (Å²) >= 11 is 0. The summed E-state index contributed by atoms with van der Waals surface area (Å²) in [5, 5.41) is 6.26. The SMILES string of the molecule is CCn1cc(C(=O)Nc2ccccc2)c(=O)c2cc(F)c(NC3CCCCC3)cc21. The molecule has 156 valence electrons. The molecule has 1 aromatic heterocycles. The Morgan fingerprint density at radius 1 is 1.13 bits per heavy atom. The van der Waals surface area contributed by atoms with Gasteiger partial charge in [-0.15, -0.1) is 0 Å². The Kier molecular flexibility index (Phi) is 5.84. The molecule has 1 fully saturated rings. The molecule has 0 spiro atoms. The number of halogens is 1. The number of nitrogens with zero attached hydrogens (tertiary/aromatic N) is 1. The number of anilines is 2. The molecular formula is C24H26FN3O2. The molecule has 3 aromatic rings. The number of aryl methyl sites for hydroxylation is 1. The number of hydrogen-bond donors (Lipinski definition) is 2. The Bertz CT molecular complexity index is 1120. The van der Waals surface area contributed by atoms with Crippen molar-refractivity contribution in [3.8, 4) is 0 Å². The van der Waals surface area contributed by atoms with E-state index in [0.717, 1.165) is 25.7 Å². The smallest absolute Gasteiger partial charge is 0.261 e. The van der Waals surface area contributed by atoms with Crippen molar-refractivity contribution in [2.24, 2.45) is 0 Å². The number of hydrogen-bond acceptors (Lipinski definition) is 3. The molecule has 0 unspecified atom stereocenters. The van der Waals surface area contributed by atoms with Crippen LogP contribution >= 0.6 is 0 Å². The molecule has 5 nitrogen and oxygen atoms in total. The third-order valence-corrected chi connectivity index (χ3v) is 5.75. The molecule has 0 radical (unpaired) electrons. The molecular weight excluding hydrogens is 381 g/mol. The van der Waals surface area contributed by atoms with Crippen LogP contribution in [0.3, 0.4) is 0 Å². The molecule has 30 heavy (non-hydrogen) atoms. The minimum atomic E-state index is -0.500. The number of aromatic nitrogens is 1. The Morgan fingerprint density at radius 2 is 1.87 bits per heavy atom. The van der Waals surface area contributed by atoms with Crippen LogP contribution in [0.25, 0.3) is 10.9 Å². The second-order valence-corrected chi connectivity index (χ2v) is 7.81. The lowest BCUT2D eigenvalue weighted by atomic mass is 9.95. The van der Waals surface area contributed by atoms with Crippen LogP contribution in [0.1, 0.15) is 49.4 Å². The molecule has 6 heteroatoms. The number of para-hydroxylation sites is 1. The minimum absolute atomic E-state index is 0.000549. The van der Waals surface area contributed by atoms with Crippen molar-refractivity contribution in [2.45, 2.75) is 51.6 Å². The number of rotatable bonds is 5. The van der Waals surface area contributed by atoms with Crippen molar-refractivity contribution in [3.05, 3.63) is 70.3 Å². The summed E-state index contributed by atoms with van der Waals surface area (Å²) in [4.78, 5) is 25.8. The lowest BCUT2D eigenvalue weighted by Gasteiger charge is -2.24. The fraction of sp³-hybridized carbons (Fsp3) is 0.333. The molecule has 0 saturated heterocycles. The predicted molar refractivity (Wildman–Crippen MR) is 119 cm³/mol. The van der Waals surface area contributed by atoms with Gasteiger partial charge >= 0.3 is 0 Å². The zero-order chi connectivity index (χ0) is 21.1. The van der Waals surface area contributed by atoms with E-state index in [1.54, 1.807) is 36.5 Å². The molecule has 1 aliphatic rings. The third-order valence-electron chi connectivity index (χ3n) is 5.75. The standard InChI is InChI=1S/C24H26FN3O2/c1-2-28-15-19(24(30)27-17-11-7-4-8-12-17)23(29)18-13-20(25)21(14-22(18)28)26-16-9-5-3-6-10-16/h4,7-8,11-16,26H,2-3,5-6,9-10H2,1H3,(H,27,30). The van der Waals surface area contributed by atoms with Crippen LogP contribution in [0.2, 0.25) is 0 Å². The van der Waals surface area contributed by atoms with Gasteiger partial charge in [0.05, 0.1) is 11.2 Å². The molecule has 1 amide bonds. The van der Waals surface area contributed by atoms with Crippen molar-refractivity contribution in [1.29, 1.82) is 0 Å². The van der Waals surface area contributed by atoms with Crippen molar-refractivity contribution in [1.82, 2.24) is 4.57 Å². The molecule has 1 aliphatic carbocycles. The highest BCUT2D eigenvalue weighted by molar-refractivity contribution is 6.05. The normalized spacial score (nSPS) is 14.6.